The lowest BCUT2D eigenvalue weighted by atomic mass is 10.0. The van der Waals surface area contributed by atoms with Crippen LogP contribution in [0.2, 0.25) is 0 Å². The lowest BCUT2D eigenvalue weighted by Gasteiger charge is -2.18. The minimum Gasteiger partial charge on any atom is -0.462 e. The molecule has 9 heteroatoms. The van der Waals surface area contributed by atoms with Crippen molar-refractivity contribution in [3.05, 3.63) is 36.5 Å². The van der Waals surface area contributed by atoms with Gasteiger partial charge >= 0.3 is 19.8 Å². The highest BCUT2D eigenvalue weighted by molar-refractivity contribution is 7.46. The summed E-state index contributed by atoms with van der Waals surface area (Å²) in [5.41, 5.74) is 0. The van der Waals surface area contributed by atoms with Gasteiger partial charge in [-0.25, -0.2) is 4.57 Å². The SMILES string of the molecule is CC/C=C\C/C=C\C/C=C\CCCCCC(=O)OC(COC(=O)CCCCCCCCCCCCCCCCCCC)COP(=O)(O)O. The van der Waals surface area contributed by atoms with Gasteiger partial charge in [-0.3, -0.25) is 14.1 Å². The second-order valence-electron chi connectivity index (χ2n) is 12.9. The van der Waals surface area contributed by atoms with Crippen LogP contribution in [0.15, 0.2) is 36.5 Å². The van der Waals surface area contributed by atoms with Crippen LogP contribution in [0, 0.1) is 0 Å². The van der Waals surface area contributed by atoms with Gasteiger partial charge in [0.05, 0.1) is 6.61 Å². The zero-order valence-corrected chi connectivity index (χ0v) is 31.5. The number of allylic oxidation sites excluding steroid dienone is 6. The topological polar surface area (TPSA) is 119 Å². The summed E-state index contributed by atoms with van der Waals surface area (Å²) >= 11 is 0. The van der Waals surface area contributed by atoms with E-state index in [2.05, 4.69) is 54.8 Å². The number of ether oxygens (including phenoxy) is 2. The third-order valence-corrected chi connectivity index (χ3v) is 8.66. The molecule has 0 aromatic rings. The number of phosphoric acid groups is 1. The van der Waals surface area contributed by atoms with Crippen molar-refractivity contribution >= 4 is 19.8 Å². The summed E-state index contributed by atoms with van der Waals surface area (Å²) in [4.78, 5) is 42.7. The number of carbonyl (C=O) groups is 2. The van der Waals surface area contributed by atoms with Gasteiger partial charge < -0.3 is 19.3 Å². The molecule has 0 amide bonds. The number of unbranched alkanes of at least 4 members (excludes halogenated alkanes) is 19. The number of hydrogen-bond donors (Lipinski definition) is 2. The maximum absolute atomic E-state index is 12.3. The fourth-order valence-corrected chi connectivity index (χ4v) is 5.69. The Bertz CT molecular complexity index is 879. The van der Waals surface area contributed by atoms with E-state index in [1.807, 2.05) is 0 Å². The second kappa shape index (κ2) is 35.1. The molecule has 0 rings (SSSR count). The first kappa shape index (κ1) is 46.3. The number of esters is 2. The Balaban J connectivity index is 3.95. The van der Waals surface area contributed by atoms with Crippen molar-refractivity contribution in [1.82, 2.24) is 0 Å². The van der Waals surface area contributed by atoms with Crippen LogP contribution in [-0.4, -0.2) is 41.0 Å². The average Bonchev–Trinajstić information content (AvgIpc) is 3.05. The van der Waals surface area contributed by atoms with E-state index in [-0.39, 0.29) is 19.4 Å². The molecule has 0 radical (unpaired) electrons. The smallest absolute Gasteiger partial charge is 0.462 e. The first-order valence-electron chi connectivity index (χ1n) is 19.3. The number of hydrogen-bond acceptors (Lipinski definition) is 6. The van der Waals surface area contributed by atoms with Gasteiger partial charge in [0.2, 0.25) is 0 Å². The van der Waals surface area contributed by atoms with Gasteiger partial charge in [0.15, 0.2) is 6.10 Å². The molecular formula is C39H71O8P. The summed E-state index contributed by atoms with van der Waals surface area (Å²) < 4.78 is 26.3. The summed E-state index contributed by atoms with van der Waals surface area (Å²) in [7, 11) is -4.76. The van der Waals surface area contributed by atoms with Crippen LogP contribution >= 0.6 is 7.82 Å². The summed E-state index contributed by atoms with van der Waals surface area (Å²) in [5, 5.41) is 0. The van der Waals surface area contributed by atoms with Crippen molar-refractivity contribution in [2.75, 3.05) is 13.2 Å². The molecule has 0 aliphatic rings. The van der Waals surface area contributed by atoms with Gasteiger partial charge in [0.1, 0.15) is 6.61 Å². The molecule has 0 saturated heterocycles. The molecule has 1 atom stereocenters. The molecule has 0 fully saturated rings. The van der Waals surface area contributed by atoms with Crippen LogP contribution < -0.4 is 0 Å². The fourth-order valence-electron chi connectivity index (χ4n) is 5.33. The van der Waals surface area contributed by atoms with E-state index < -0.39 is 32.5 Å². The van der Waals surface area contributed by atoms with Gasteiger partial charge in [0.25, 0.3) is 0 Å². The van der Waals surface area contributed by atoms with Crippen LogP contribution in [0.3, 0.4) is 0 Å². The molecule has 0 aliphatic heterocycles. The van der Waals surface area contributed by atoms with Crippen LogP contribution in [0.4, 0.5) is 0 Å². The predicted octanol–water partition coefficient (Wildman–Crippen LogP) is 11.4. The Morgan fingerprint density at radius 3 is 1.50 bits per heavy atom. The third-order valence-electron chi connectivity index (χ3n) is 8.17. The van der Waals surface area contributed by atoms with Crippen molar-refractivity contribution in [1.29, 1.82) is 0 Å². The zero-order chi connectivity index (χ0) is 35.4. The molecule has 0 aromatic heterocycles. The molecule has 0 bridgehead atoms. The summed E-state index contributed by atoms with van der Waals surface area (Å²) in [5.74, 6) is -0.915. The van der Waals surface area contributed by atoms with Crippen LogP contribution in [0.25, 0.3) is 0 Å². The highest BCUT2D eigenvalue weighted by atomic mass is 31.2. The largest absolute Gasteiger partial charge is 0.469 e. The predicted molar refractivity (Wildman–Crippen MR) is 198 cm³/mol. The van der Waals surface area contributed by atoms with E-state index in [0.29, 0.717) is 6.42 Å². The number of carbonyl (C=O) groups excluding carboxylic acids is 2. The monoisotopic (exact) mass is 698 g/mol. The van der Waals surface area contributed by atoms with Crippen molar-refractivity contribution in [3.63, 3.8) is 0 Å². The van der Waals surface area contributed by atoms with E-state index in [1.54, 1.807) is 0 Å². The Morgan fingerprint density at radius 2 is 1.00 bits per heavy atom. The van der Waals surface area contributed by atoms with E-state index in [1.165, 1.54) is 89.9 Å². The molecule has 0 spiro atoms. The Kier molecular flexibility index (Phi) is 33.8. The Labute approximate surface area is 293 Å². The Morgan fingerprint density at radius 1 is 0.562 bits per heavy atom. The van der Waals surface area contributed by atoms with Gasteiger partial charge in [0, 0.05) is 12.8 Å². The molecule has 48 heavy (non-hydrogen) atoms. The highest BCUT2D eigenvalue weighted by Crippen LogP contribution is 2.36. The maximum Gasteiger partial charge on any atom is 0.469 e. The quantitative estimate of drug-likeness (QED) is 0.0290. The average molecular weight is 699 g/mol. The van der Waals surface area contributed by atoms with Crippen LogP contribution in [0.5, 0.6) is 0 Å². The molecular weight excluding hydrogens is 627 g/mol. The molecule has 0 aromatic carbocycles. The third kappa shape index (κ3) is 37.1. The molecule has 8 nitrogen and oxygen atoms in total. The zero-order valence-electron chi connectivity index (χ0n) is 30.6. The molecule has 0 aliphatic carbocycles. The van der Waals surface area contributed by atoms with Crippen LogP contribution in [0.1, 0.15) is 181 Å². The van der Waals surface area contributed by atoms with E-state index in [4.69, 9.17) is 19.3 Å². The minimum atomic E-state index is -4.76. The minimum absolute atomic E-state index is 0.178. The standard InChI is InChI=1S/C39H71O8P/c1-3-5-7-9-11-13-15-17-18-19-20-22-23-25-27-29-31-33-38(40)45-35-37(36-46-48(42,43)44)47-39(41)34-32-30-28-26-24-21-16-14-12-10-8-6-4-2/h6,8,12,14,21,24,37H,3-5,7,9-11,13,15-20,22-23,25-36H2,1-2H3,(H2,42,43,44)/b8-6-,14-12-,24-21-. The maximum atomic E-state index is 12.3. The van der Waals surface area contributed by atoms with Gasteiger partial charge in [-0.2, -0.15) is 0 Å². The molecule has 2 N–H and O–H groups in total. The first-order valence-corrected chi connectivity index (χ1v) is 20.8. The summed E-state index contributed by atoms with van der Waals surface area (Å²) in [6.45, 7) is 3.54. The second-order valence-corrected chi connectivity index (χ2v) is 14.1. The number of phosphoric ester groups is 1. The molecule has 280 valence electrons. The van der Waals surface area contributed by atoms with Gasteiger partial charge in [-0.05, 0) is 44.9 Å². The summed E-state index contributed by atoms with van der Waals surface area (Å²) in [6.07, 6.45) is 40.1. The van der Waals surface area contributed by atoms with Gasteiger partial charge in [-0.1, -0.05) is 159 Å². The molecule has 0 heterocycles. The van der Waals surface area contributed by atoms with Crippen molar-refractivity contribution in [2.45, 2.75) is 187 Å². The highest BCUT2D eigenvalue weighted by Gasteiger charge is 2.22. The molecule has 0 saturated carbocycles. The lowest BCUT2D eigenvalue weighted by molar-refractivity contribution is -0.161. The summed E-state index contributed by atoms with van der Waals surface area (Å²) in [6, 6.07) is 0. The fraction of sp³-hybridized carbons (Fsp3) is 0.795. The normalized spacial score (nSPS) is 12.8. The first-order chi connectivity index (χ1) is 23.3. The van der Waals surface area contributed by atoms with E-state index >= 15 is 0 Å². The van der Waals surface area contributed by atoms with E-state index in [9.17, 15) is 14.2 Å². The number of rotatable bonds is 35. The van der Waals surface area contributed by atoms with E-state index in [0.717, 1.165) is 57.8 Å². The molecule has 1 unspecified atom stereocenters. The Hall–Kier alpha value is -1.73. The van der Waals surface area contributed by atoms with Crippen molar-refractivity contribution in [3.8, 4) is 0 Å². The van der Waals surface area contributed by atoms with Crippen molar-refractivity contribution < 1.29 is 37.9 Å². The van der Waals surface area contributed by atoms with Crippen LogP contribution in [-0.2, 0) is 28.2 Å². The van der Waals surface area contributed by atoms with Gasteiger partial charge in [-0.15, -0.1) is 0 Å². The lowest BCUT2D eigenvalue weighted by Crippen LogP contribution is -2.29. The van der Waals surface area contributed by atoms with Crippen molar-refractivity contribution in [2.24, 2.45) is 0 Å².